The molecule has 0 bridgehead atoms. The molecule has 1 fully saturated rings. The summed E-state index contributed by atoms with van der Waals surface area (Å²) in [4.78, 5) is 38.0. The number of anilines is 3. The lowest BCUT2D eigenvalue weighted by Crippen LogP contribution is -2.45. The Bertz CT molecular complexity index is 885. The highest BCUT2D eigenvalue weighted by Gasteiger charge is 2.34. The lowest BCUT2D eigenvalue weighted by Gasteiger charge is -2.24. The number of hydrogen-bond acceptors (Lipinski definition) is 3. The average molecular weight is 401 g/mol. The molecule has 0 radical (unpaired) electrons. The number of urea groups is 1. The van der Waals surface area contributed by atoms with Crippen LogP contribution in [0.5, 0.6) is 0 Å². The van der Waals surface area contributed by atoms with Crippen LogP contribution in [-0.4, -0.2) is 35.3 Å². The van der Waals surface area contributed by atoms with Gasteiger partial charge in [0.05, 0.1) is 0 Å². The molecule has 0 unspecified atom stereocenters. The number of nitrogens with one attached hydrogen (secondary N) is 3. The van der Waals surface area contributed by atoms with Crippen LogP contribution in [0.4, 0.5) is 21.9 Å². The average Bonchev–Trinajstić information content (AvgIpc) is 3.13. The van der Waals surface area contributed by atoms with Crippen molar-refractivity contribution in [3.05, 3.63) is 53.6 Å². The molecular weight excluding hydrogens is 380 g/mol. The van der Waals surface area contributed by atoms with Gasteiger partial charge in [0.25, 0.3) is 0 Å². The smallest absolute Gasteiger partial charge is 0.322 e. The lowest BCUT2D eigenvalue weighted by molar-refractivity contribution is -0.119. The van der Waals surface area contributed by atoms with Crippen LogP contribution in [0.2, 0.25) is 5.02 Å². The highest BCUT2D eigenvalue weighted by atomic mass is 35.5. The predicted molar refractivity (Wildman–Crippen MR) is 110 cm³/mol. The molecule has 28 heavy (non-hydrogen) atoms. The number of halogens is 1. The number of amides is 4. The Balaban J connectivity index is 1.65. The summed E-state index contributed by atoms with van der Waals surface area (Å²) in [5.41, 5.74) is 1.76. The second kappa shape index (κ2) is 8.75. The van der Waals surface area contributed by atoms with Crippen molar-refractivity contribution in [2.24, 2.45) is 0 Å². The summed E-state index contributed by atoms with van der Waals surface area (Å²) >= 11 is 5.86. The second-order valence-corrected chi connectivity index (χ2v) is 6.98. The summed E-state index contributed by atoms with van der Waals surface area (Å²) < 4.78 is 0. The van der Waals surface area contributed by atoms with Crippen molar-refractivity contribution in [1.29, 1.82) is 0 Å². The van der Waals surface area contributed by atoms with E-state index in [2.05, 4.69) is 16.0 Å². The maximum Gasteiger partial charge on any atom is 0.322 e. The Hall–Kier alpha value is -3.06. The van der Waals surface area contributed by atoms with Gasteiger partial charge in [0, 0.05) is 35.6 Å². The van der Waals surface area contributed by atoms with E-state index in [-0.39, 0.29) is 17.8 Å². The van der Waals surface area contributed by atoms with Gasteiger partial charge in [-0.25, -0.2) is 4.79 Å². The minimum Gasteiger partial charge on any atom is -0.326 e. The number of nitrogens with zero attached hydrogens (tertiary/aromatic N) is 1. The molecule has 1 aliphatic rings. The van der Waals surface area contributed by atoms with Crippen LogP contribution >= 0.6 is 11.6 Å². The monoisotopic (exact) mass is 400 g/mol. The van der Waals surface area contributed by atoms with Gasteiger partial charge in [0.1, 0.15) is 6.04 Å². The van der Waals surface area contributed by atoms with Crippen LogP contribution in [0.3, 0.4) is 0 Å². The summed E-state index contributed by atoms with van der Waals surface area (Å²) in [5.74, 6) is -0.451. The van der Waals surface area contributed by atoms with Crippen molar-refractivity contribution >= 4 is 46.5 Å². The molecule has 1 aliphatic heterocycles. The van der Waals surface area contributed by atoms with Crippen molar-refractivity contribution in [3.8, 4) is 0 Å². The second-order valence-electron chi connectivity index (χ2n) is 6.54. The van der Waals surface area contributed by atoms with E-state index < -0.39 is 6.04 Å². The predicted octanol–water partition coefficient (Wildman–Crippen LogP) is 3.93. The topological polar surface area (TPSA) is 90.5 Å². The van der Waals surface area contributed by atoms with E-state index in [0.29, 0.717) is 35.1 Å². The molecular formula is C20H21ClN4O3. The van der Waals surface area contributed by atoms with Crippen LogP contribution in [-0.2, 0) is 9.59 Å². The van der Waals surface area contributed by atoms with Crippen LogP contribution < -0.4 is 16.0 Å². The molecule has 146 valence electrons. The fourth-order valence-electron chi connectivity index (χ4n) is 3.11. The molecule has 1 atom stereocenters. The van der Waals surface area contributed by atoms with Crippen molar-refractivity contribution in [1.82, 2.24) is 4.90 Å². The highest BCUT2D eigenvalue weighted by Crippen LogP contribution is 2.22. The van der Waals surface area contributed by atoms with Crippen LogP contribution in [0.15, 0.2) is 48.5 Å². The van der Waals surface area contributed by atoms with Crippen LogP contribution in [0, 0.1) is 0 Å². The standard InChI is InChI=1S/C20H21ClN4O3/c1-13(26)22-16-4-2-5-17(12-16)23-19(27)18-6-3-11-25(18)20(28)24-15-9-7-14(21)8-10-15/h2,4-5,7-10,12,18H,3,6,11H2,1H3,(H,22,26)(H,23,27)(H,24,28)/t18-/m0/s1. The molecule has 2 aromatic carbocycles. The molecule has 2 aromatic rings. The van der Waals surface area contributed by atoms with Gasteiger partial charge < -0.3 is 20.9 Å². The molecule has 0 saturated carbocycles. The Morgan fingerprint density at radius 3 is 2.32 bits per heavy atom. The molecule has 0 spiro atoms. The summed E-state index contributed by atoms with van der Waals surface area (Å²) in [5, 5.41) is 8.87. The zero-order chi connectivity index (χ0) is 20.1. The SMILES string of the molecule is CC(=O)Nc1cccc(NC(=O)[C@@H]2CCCN2C(=O)Nc2ccc(Cl)cc2)c1. The zero-order valence-electron chi connectivity index (χ0n) is 15.4. The fourth-order valence-corrected chi connectivity index (χ4v) is 3.24. The van der Waals surface area contributed by atoms with Gasteiger partial charge in [-0.05, 0) is 55.3 Å². The molecule has 1 saturated heterocycles. The number of carbonyl (C=O) groups excluding carboxylic acids is 3. The van der Waals surface area contributed by atoms with Gasteiger partial charge in [-0.2, -0.15) is 0 Å². The molecule has 8 heteroatoms. The Morgan fingerprint density at radius 1 is 0.964 bits per heavy atom. The minimum atomic E-state index is -0.559. The van der Waals surface area contributed by atoms with E-state index in [1.807, 2.05) is 0 Å². The van der Waals surface area contributed by atoms with Gasteiger partial charge in [0.2, 0.25) is 11.8 Å². The number of carbonyl (C=O) groups is 3. The molecule has 0 aromatic heterocycles. The number of hydrogen-bond donors (Lipinski definition) is 3. The number of benzene rings is 2. The molecule has 0 aliphatic carbocycles. The van der Waals surface area contributed by atoms with Crippen molar-refractivity contribution < 1.29 is 14.4 Å². The van der Waals surface area contributed by atoms with Crippen LogP contribution in [0.1, 0.15) is 19.8 Å². The van der Waals surface area contributed by atoms with E-state index >= 15 is 0 Å². The van der Waals surface area contributed by atoms with Crippen molar-refractivity contribution in [2.75, 3.05) is 22.5 Å². The van der Waals surface area contributed by atoms with Gasteiger partial charge in [-0.15, -0.1) is 0 Å². The minimum absolute atomic E-state index is 0.190. The summed E-state index contributed by atoms with van der Waals surface area (Å²) in [7, 11) is 0. The number of rotatable bonds is 4. The third-order valence-corrected chi connectivity index (χ3v) is 4.61. The first-order valence-electron chi connectivity index (χ1n) is 8.94. The fraction of sp³-hybridized carbons (Fsp3) is 0.250. The highest BCUT2D eigenvalue weighted by molar-refractivity contribution is 6.30. The maximum absolute atomic E-state index is 12.7. The van der Waals surface area contributed by atoms with E-state index in [1.165, 1.54) is 11.8 Å². The quantitative estimate of drug-likeness (QED) is 0.726. The van der Waals surface area contributed by atoms with E-state index in [0.717, 1.165) is 6.42 Å². The van der Waals surface area contributed by atoms with Crippen molar-refractivity contribution in [2.45, 2.75) is 25.8 Å². The Labute approximate surface area is 168 Å². The molecule has 3 rings (SSSR count). The first kappa shape index (κ1) is 19.7. The maximum atomic E-state index is 12.7. The number of likely N-dealkylation sites (tertiary alicyclic amines) is 1. The first-order valence-corrected chi connectivity index (χ1v) is 9.32. The normalized spacial score (nSPS) is 15.8. The summed E-state index contributed by atoms with van der Waals surface area (Å²) in [6.07, 6.45) is 1.34. The molecule has 7 nitrogen and oxygen atoms in total. The van der Waals surface area contributed by atoms with E-state index in [4.69, 9.17) is 11.6 Å². The Kier molecular flexibility index (Phi) is 6.16. The van der Waals surface area contributed by atoms with Gasteiger partial charge in [-0.1, -0.05) is 17.7 Å². The third-order valence-electron chi connectivity index (χ3n) is 4.36. The lowest BCUT2D eigenvalue weighted by atomic mass is 10.2. The Morgan fingerprint density at radius 2 is 1.64 bits per heavy atom. The molecule has 4 amide bonds. The third kappa shape index (κ3) is 5.01. The molecule has 3 N–H and O–H groups in total. The largest absolute Gasteiger partial charge is 0.326 e. The van der Waals surface area contributed by atoms with Crippen LogP contribution in [0.25, 0.3) is 0 Å². The van der Waals surface area contributed by atoms with E-state index in [9.17, 15) is 14.4 Å². The van der Waals surface area contributed by atoms with Gasteiger partial charge >= 0.3 is 6.03 Å². The van der Waals surface area contributed by atoms with Gasteiger partial charge in [0.15, 0.2) is 0 Å². The summed E-state index contributed by atoms with van der Waals surface area (Å²) in [6.45, 7) is 1.92. The van der Waals surface area contributed by atoms with Crippen molar-refractivity contribution in [3.63, 3.8) is 0 Å². The zero-order valence-corrected chi connectivity index (χ0v) is 16.1. The van der Waals surface area contributed by atoms with E-state index in [1.54, 1.807) is 48.5 Å². The summed E-state index contributed by atoms with van der Waals surface area (Å²) in [6, 6.07) is 12.8. The van der Waals surface area contributed by atoms with Gasteiger partial charge in [-0.3, -0.25) is 9.59 Å². The first-order chi connectivity index (χ1) is 13.4. The molecule has 1 heterocycles.